The normalized spacial score (nSPS) is 10.4. The van der Waals surface area contributed by atoms with Crippen LogP contribution in [0.1, 0.15) is 5.56 Å². The Morgan fingerprint density at radius 1 is 1.33 bits per heavy atom. The van der Waals surface area contributed by atoms with Gasteiger partial charge in [0.1, 0.15) is 0 Å². The van der Waals surface area contributed by atoms with Crippen LogP contribution in [0.2, 0.25) is 0 Å². The van der Waals surface area contributed by atoms with Crippen LogP contribution in [0.5, 0.6) is 0 Å². The summed E-state index contributed by atoms with van der Waals surface area (Å²) in [5.41, 5.74) is 9.90. The number of hydrogen-bond acceptors (Lipinski definition) is 4. The number of nitrogens with one attached hydrogen (secondary N) is 1. The van der Waals surface area contributed by atoms with Crippen molar-refractivity contribution in [3.05, 3.63) is 30.0 Å². The predicted molar refractivity (Wildman–Crippen MR) is 76.4 cm³/mol. The molecule has 2 aromatic rings. The summed E-state index contributed by atoms with van der Waals surface area (Å²) in [5.74, 6) is 0.686. The summed E-state index contributed by atoms with van der Waals surface area (Å²) >= 11 is 0. The average Bonchev–Trinajstić information content (AvgIpc) is 2.60. The molecule has 1 heterocycles. The van der Waals surface area contributed by atoms with E-state index in [-0.39, 0.29) is 0 Å². The number of aryl methyl sites for hydroxylation is 2. The van der Waals surface area contributed by atoms with Crippen molar-refractivity contribution in [1.82, 2.24) is 9.78 Å². The molecule has 0 spiro atoms. The minimum absolute atomic E-state index is 0.643. The molecule has 96 valence electrons. The second-order valence-electron chi connectivity index (χ2n) is 4.63. The van der Waals surface area contributed by atoms with Gasteiger partial charge in [-0.25, -0.2) is 0 Å². The Bertz CT molecular complexity index is 557. The van der Waals surface area contributed by atoms with E-state index in [9.17, 15) is 0 Å². The Hall–Kier alpha value is -2.17. The predicted octanol–water partition coefficient (Wildman–Crippen LogP) is 2.12. The number of nitrogens with zero attached hydrogens (tertiary/aromatic N) is 3. The summed E-state index contributed by atoms with van der Waals surface area (Å²) in [5, 5.41) is 7.50. The van der Waals surface area contributed by atoms with Gasteiger partial charge in [0.2, 0.25) is 0 Å². The first-order chi connectivity index (χ1) is 8.47. The van der Waals surface area contributed by atoms with E-state index in [0.29, 0.717) is 11.5 Å². The van der Waals surface area contributed by atoms with Gasteiger partial charge in [0, 0.05) is 38.7 Å². The lowest BCUT2D eigenvalue weighted by atomic mass is 10.1. The van der Waals surface area contributed by atoms with Crippen molar-refractivity contribution in [2.24, 2.45) is 7.05 Å². The number of nitrogens with two attached hydrogens (primary N) is 1. The van der Waals surface area contributed by atoms with Crippen LogP contribution >= 0.6 is 0 Å². The van der Waals surface area contributed by atoms with Gasteiger partial charge in [0.15, 0.2) is 5.82 Å². The Labute approximate surface area is 107 Å². The highest BCUT2D eigenvalue weighted by molar-refractivity contribution is 5.71. The van der Waals surface area contributed by atoms with Crippen LogP contribution in [-0.2, 0) is 7.05 Å². The average molecular weight is 245 g/mol. The first kappa shape index (κ1) is 12.3. The van der Waals surface area contributed by atoms with Crippen LogP contribution in [0.4, 0.5) is 22.9 Å². The number of hydrogen-bond donors (Lipinski definition) is 2. The molecule has 3 N–H and O–H groups in total. The molecule has 5 heteroatoms. The van der Waals surface area contributed by atoms with Gasteiger partial charge in [-0.3, -0.25) is 4.68 Å². The number of rotatable bonds is 3. The number of nitrogen functional groups attached to an aromatic ring is 1. The minimum Gasteiger partial charge on any atom is -0.394 e. The third kappa shape index (κ3) is 2.40. The van der Waals surface area contributed by atoms with Gasteiger partial charge in [0.05, 0.1) is 5.69 Å². The van der Waals surface area contributed by atoms with Gasteiger partial charge < -0.3 is 16.0 Å². The summed E-state index contributed by atoms with van der Waals surface area (Å²) in [7, 11) is 5.91. The zero-order valence-corrected chi connectivity index (χ0v) is 11.2. The van der Waals surface area contributed by atoms with Crippen molar-refractivity contribution >= 4 is 22.9 Å². The molecule has 2 rings (SSSR count). The first-order valence-corrected chi connectivity index (χ1v) is 5.81. The molecule has 1 aromatic heterocycles. The minimum atomic E-state index is 0.643. The molecule has 0 radical (unpaired) electrons. The summed E-state index contributed by atoms with van der Waals surface area (Å²) in [6.07, 6.45) is 1.78. The fourth-order valence-corrected chi connectivity index (χ4v) is 1.91. The maximum atomic E-state index is 5.86. The molecular formula is C13H19N5. The molecule has 0 aliphatic carbocycles. The fraction of sp³-hybridized carbons (Fsp3) is 0.308. The lowest BCUT2D eigenvalue weighted by Crippen LogP contribution is -2.10. The molecule has 0 bridgehead atoms. The zero-order chi connectivity index (χ0) is 13.3. The van der Waals surface area contributed by atoms with E-state index in [2.05, 4.69) is 34.4 Å². The van der Waals surface area contributed by atoms with Crippen molar-refractivity contribution in [2.75, 3.05) is 30.0 Å². The Morgan fingerprint density at radius 3 is 2.61 bits per heavy atom. The van der Waals surface area contributed by atoms with Crippen molar-refractivity contribution in [3.63, 3.8) is 0 Å². The standard InChI is InChI=1S/C13H19N5/c1-9-5-6-10(7-12(9)17(2)3)15-13-11(14)8-18(4)16-13/h5-8H,14H2,1-4H3,(H,15,16). The zero-order valence-electron chi connectivity index (χ0n) is 11.2. The van der Waals surface area contributed by atoms with E-state index in [0.717, 1.165) is 5.69 Å². The van der Waals surface area contributed by atoms with E-state index in [1.54, 1.807) is 10.9 Å². The largest absolute Gasteiger partial charge is 0.394 e. The van der Waals surface area contributed by atoms with Gasteiger partial charge in [0.25, 0.3) is 0 Å². The van der Waals surface area contributed by atoms with Crippen LogP contribution in [0.3, 0.4) is 0 Å². The lowest BCUT2D eigenvalue weighted by molar-refractivity contribution is 0.771. The van der Waals surface area contributed by atoms with Gasteiger partial charge >= 0.3 is 0 Å². The lowest BCUT2D eigenvalue weighted by Gasteiger charge is -2.17. The third-order valence-electron chi connectivity index (χ3n) is 2.81. The molecule has 18 heavy (non-hydrogen) atoms. The molecule has 0 atom stereocenters. The number of anilines is 4. The molecule has 0 amide bonds. The van der Waals surface area contributed by atoms with Crippen LogP contribution < -0.4 is 16.0 Å². The van der Waals surface area contributed by atoms with Gasteiger partial charge in [-0.05, 0) is 24.6 Å². The molecule has 0 fully saturated rings. The highest BCUT2D eigenvalue weighted by Crippen LogP contribution is 2.26. The monoisotopic (exact) mass is 245 g/mol. The maximum absolute atomic E-state index is 5.86. The molecule has 5 nitrogen and oxygen atoms in total. The van der Waals surface area contributed by atoms with E-state index < -0.39 is 0 Å². The summed E-state index contributed by atoms with van der Waals surface area (Å²) < 4.78 is 1.69. The molecular weight excluding hydrogens is 226 g/mol. The molecule has 0 saturated heterocycles. The van der Waals surface area contributed by atoms with E-state index in [1.165, 1.54) is 11.3 Å². The third-order valence-corrected chi connectivity index (χ3v) is 2.81. The second-order valence-corrected chi connectivity index (χ2v) is 4.63. The Balaban J connectivity index is 2.30. The first-order valence-electron chi connectivity index (χ1n) is 5.81. The van der Waals surface area contributed by atoms with Crippen LogP contribution in [-0.4, -0.2) is 23.9 Å². The summed E-state index contributed by atoms with van der Waals surface area (Å²) in [4.78, 5) is 2.09. The van der Waals surface area contributed by atoms with Crippen molar-refractivity contribution in [2.45, 2.75) is 6.92 Å². The van der Waals surface area contributed by atoms with Gasteiger partial charge in [-0.2, -0.15) is 5.10 Å². The fourth-order valence-electron chi connectivity index (χ4n) is 1.91. The highest BCUT2D eigenvalue weighted by Gasteiger charge is 2.06. The topological polar surface area (TPSA) is 59.1 Å². The molecule has 0 aliphatic heterocycles. The number of benzene rings is 1. The summed E-state index contributed by atoms with van der Waals surface area (Å²) in [6, 6.07) is 6.19. The van der Waals surface area contributed by atoms with Crippen molar-refractivity contribution in [1.29, 1.82) is 0 Å². The summed E-state index contributed by atoms with van der Waals surface area (Å²) in [6.45, 7) is 2.09. The van der Waals surface area contributed by atoms with Crippen molar-refractivity contribution < 1.29 is 0 Å². The van der Waals surface area contributed by atoms with Gasteiger partial charge in [-0.15, -0.1) is 0 Å². The number of aromatic nitrogens is 2. The molecule has 0 aliphatic rings. The SMILES string of the molecule is Cc1ccc(Nc2nn(C)cc2N)cc1N(C)C. The van der Waals surface area contributed by atoms with Crippen LogP contribution in [0.15, 0.2) is 24.4 Å². The second kappa shape index (κ2) is 4.60. The quantitative estimate of drug-likeness (QED) is 0.869. The van der Waals surface area contributed by atoms with E-state index in [1.807, 2.05) is 27.2 Å². The van der Waals surface area contributed by atoms with Crippen LogP contribution in [0, 0.1) is 6.92 Å². The molecule has 0 saturated carbocycles. The maximum Gasteiger partial charge on any atom is 0.175 e. The van der Waals surface area contributed by atoms with Crippen molar-refractivity contribution in [3.8, 4) is 0 Å². The smallest absolute Gasteiger partial charge is 0.175 e. The highest BCUT2D eigenvalue weighted by atomic mass is 15.3. The Morgan fingerprint density at radius 2 is 2.06 bits per heavy atom. The van der Waals surface area contributed by atoms with Crippen LogP contribution in [0.25, 0.3) is 0 Å². The van der Waals surface area contributed by atoms with E-state index in [4.69, 9.17) is 5.73 Å². The molecule has 0 unspecified atom stereocenters. The van der Waals surface area contributed by atoms with E-state index >= 15 is 0 Å². The Kier molecular flexibility index (Phi) is 3.14. The van der Waals surface area contributed by atoms with Gasteiger partial charge in [-0.1, -0.05) is 6.07 Å². The molecule has 1 aromatic carbocycles.